The van der Waals surface area contributed by atoms with Crippen LogP contribution in [0.4, 0.5) is 0 Å². The number of likely N-dealkylation sites (N-methyl/N-ethyl adjacent to an activating group) is 1. The molecule has 1 aliphatic rings. The highest BCUT2D eigenvalue weighted by atomic mass is 16.5. The smallest absolute Gasteiger partial charge is 0.488 e. The molecule has 0 spiro atoms. The maximum Gasteiger partial charge on any atom is 0.488 e. The summed E-state index contributed by atoms with van der Waals surface area (Å²) in [4.78, 5) is 2.36. The van der Waals surface area contributed by atoms with E-state index in [-0.39, 0.29) is 0 Å². The predicted molar refractivity (Wildman–Crippen MR) is 76.6 cm³/mol. The molecule has 1 saturated carbocycles. The summed E-state index contributed by atoms with van der Waals surface area (Å²) in [6.45, 7) is 1.52. The average molecular weight is 263 g/mol. The molecule has 2 N–H and O–H groups in total. The summed E-state index contributed by atoms with van der Waals surface area (Å²) < 4.78 is 5.66. The Morgan fingerprint density at radius 2 is 2.05 bits per heavy atom. The Bertz CT molecular complexity index is 394. The fraction of sp³-hybridized carbons (Fsp3) is 0.571. The molecule has 104 valence electrons. The molecular weight excluding hydrogens is 241 g/mol. The molecule has 1 aliphatic carbocycles. The molecule has 1 aromatic rings. The Kier molecular flexibility index (Phi) is 5.25. The van der Waals surface area contributed by atoms with Gasteiger partial charge < -0.3 is 19.7 Å². The van der Waals surface area contributed by atoms with Crippen molar-refractivity contribution < 1.29 is 14.8 Å². The van der Waals surface area contributed by atoms with Crippen molar-refractivity contribution >= 4 is 12.6 Å². The summed E-state index contributed by atoms with van der Waals surface area (Å²) in [5.74, 6) is 0.686. The van der Waals surface area contributed by atoms with E-state index in [0.717, 1.165) is 6.54 Å². The normalized spacial score (nSPS) is 16.0. The Labute approximate surface area is 115 Å². The van der Waals surface area contributed by atoms with Gasteiger partial charge in [-0.3, -0.25) is 0 Å². The van der Waals surface area contributed by atoms with Crippen LogP contribution in [0.3, 0.4) is 0 Å². The molecule has 2 rings (SSSR count). The van der Waals surface area contributed by atoms with E-state index < -0.39 is 7.12 Å². The second kappa shape index (κ2) is 6.94. The highest BCUT2D eigenvalue weighted by Crippen LogP contribution is 2.22. The zero-order valence-electron chi connectivity index (χ0n) is 11.5. The van der Waals surface area contributed by atoms with Gasteiger partial charge in [0.2, 0.25) is 0 Å². The van der Waals surface area contributed by atoms with Gasteiger partial charge in [0.15, 0.2) is 0 Å². The minimum atomic E-state index is -1.44. The number of ether oxygens (including phenoxy) is 1. The quantitative estimate of drug-likeness (QED) is 0.739. The van der Waals surface area contributed by atoms with Crippen LogP contribution in [-0.2, 0) is 0 Å². The van der Waals surface area contributed by atoms with Gasteiger partial charge in [0.1, 0.15) is 12.4 Å². The number of benzene rings is 1. The molecule has 19 heavy (non-hydrogen) atoms. The van der Waals surface area contributed by atoms with Crippen molar-refractivity contribution in [3.05, 3.63) is 24.3 Å². The van der Waals surface area contributed by atoms with Crippen molar-refractivity contribution in [2.24, 2.45) is 0 Å². The van der Waals surface area contributed by atoms with Crippen molar-refractivity contribution in [1.29, 1.82) is 0 Å². The third kappa shape index (κ3) is 4.23. The zero-order valence-corrected chi connectivity index (χ0v) is 11.5. The predicted octanol–water partition coefficient (Wildman–Crippen LogP) is 0.620. The summed E-state index contributed by atoms with van der Waals surface area (Å²) in [7, 11) is 0.706. The van der Waals surface area contributed by atoms with E-state index in [2.05, 4.69) is 11.9 Å². The molecule has 0 radical (unpaired) electrons. The second-order valence-corrected chi connectivity index (χ2v) is 5.21. The lowest BCUT2D eigenvalue weighted by Gasteiger charge is -2.23. The number of hydrogen-bond acceptors (Lipinski definition) is 4. The Morgan fingerprint density at radius 1 is 1.32 bits per heavy atom. The Hall–Kier alpha value is -1.04. The number of hydrogen-bond donors (Lipinski definition) is 2. The largest absolute Gasteiger partial charge is 0.492 e. The van der Waals surface area contributed by atoms with Gasteiger partial charge in [-0.1, -0.05) is 25.0 Å². The van der Waals surface area contributed by atoms with Crippen LogP contribution >= 0.6 is 0 Å². The standard InChI is InChI=1S/C14H22BNO3/c1-16(13-6-2-3-7-13)9-10-19-14-8-4-5-12(11-14)15(17)18/h4-5,8,11,13,17-18H,2-3,6-7,9-10H2,1H3. The summed E-state index contributed by atoms with van der Waals surface area (Å²) in [6.07, 6.45) is 5.27. The van der Waals surface area contributed by atoms with Crippen LogP contribution in [0.15, 0.2) is 24.3 Å². The molecule has 4 nitrogen and oxygen atoms in total. The lowest BCUT2D eigenvalue weighted by atomic mass is 9.80. The molecule has 1 fully saturated rings. The van der Waals surface area contributed by atoms with Crippen LogP contribution in [0.1, 0.15) is 25.7 Å². The number of nitrogens with zero attached hydrogens (tertiary/aromatic N) is 1. The molecule has 0 unspecified atom stereocenters. The minimum Gasteiger partial charge on any atom is -0.492 e. The van der Waals surface area contributed by atoms with E-state index in [1.165, 1.54) is 25.7 Å². The van der Waals surface area contributed by atoms with Crippen LogP contribution in [0.25, 0.3) is 0 Å². The fourth-order valence-corrected chi connectivity index (χ4v) is 2.60. The SMILES string of the molecule is CN(CCOc1cccc(B(O)O)c1)C1CCCC1. The summed E-state index contributed by atoms with van der Waals surface area (Å²) >= 11 is 0. The molecule has 0 aliphatic heterocycles. The van der Waals surface area contributed by atoms with Crippen LogP contribution in [-0.4, -0.2) is 48.3 Å². The van der Waals surface area contributed by atoms with Gasteiger partial charge in [-0.2, -0.15) is 0 Å². The zero-order chi connectivity index (χ0) is 13.7. The van der Waals surface area contributed by atoms with Crippen molar-refractivity contribution in [3.8, 4) is 5.75 Å². The monoisotopic (exact) mass is 263 g/mol. The van der Waals surface area contributed by atoms with E-state index in [1.54, 1.807) is 18.2 Å². The van der Waals surface area contributed by atoms with Gasteiger partial charge in [-0.05, 0) is 37.5 Å². The number of rotatable bonds is 6. The van der Waals surface area contributed by atoms with Gasteiger partial charge >= 0.3 is 7.12 Å². The van der Waals surface area contributed by atoms with E-state index in [1.807, 2.05) is 6.07 Å². The van der Waals surface area contributed by atoms with Crippen molar-refractivity contribution in [3.63, 3.8) is 0 Å². The van der Waals surface area contributed by atoms with Crippen molar-refractivity contribution in [2.45, 2.75) is 31.7 Å². The average Bonchev–Trinajstić information content (AvgIpc) is 2.93. The minimum absolute atomic E-state index is 0.460. The van der Waals surface area contributed by atoms with E-state index in [4.69, 9.17) is 14.8 Å². The summed E-state index contributed by atoms with van der Waals surface area (Å²) in [5.41, 5.74) is 0.460. The molecule has 0 amide bonds. The highest BCUT2D eigenvalue weighted by molar-refractivity contribution is 6.58. The lowest BCUT2D eigenvalue weighted by molar-refractivity contribution is 0.193. The maximum atomic E-state index is 9.10. The molecule has 0 aromatic heterocycles. The third-order valence-electron chi connectivity index (χ3n) is 3.82. The molecule has 0 bridgehead atoms. The van der Waals surface area contributed by atoms with Gasteiger partial charge in [-0.15, -0.1) is 0 Å². The first kappa shape index (κ1) is 14.4. The molecule has 1 aromatic carbocycles. The fourth-order valence-electron chi connectivity index (χ4n) is 2.60. The molecule has 0 saturated heterocycles. The summed E-state index contributed by atoms with van der Waals surface area (Å²) in [5, 5.41) is 18.2. The molecule has 0 heterocycles. The first-order valence-electron chi connectivity index (χ1n) is 6.96. The first-order chi connectivity index (χ1) is 9.16. The van der Waals surface area contributed by atoms with Gasteiger partial charge in [-0.25, -0.2) is 0 Å². The topological polar surface area (TPSA) is 52.9 Å². The third-order valence-corrected chi connectivity index (χ3v) is 3.82. The van der Waals surface area contributed by atoms with E-state index in [0.29, 0.717) is 23.9 Å². The van der Waals surface area contributed by atoms with Gasteiger partial charge in [0.25, 0.3) is 0 Å². The lowest BCUT2D eigenvalue weighted by Crippen LogP contribution is -2.33. The van der Waals surface area contributed by atoms with Crippen LogP contribution < -0.4 is 10.2 Å². The Morgan fingerprint density at radius 3 is 2.74 bits per heavy atom. The van der Waals surface area contributed by atoms with Gasteiger partial charge in [0.05, 0.1) is 0 Å². The molecular formula is C14H22BNO3. The highest BCUT2D eigenvalue weighted by Gasteiger charge is 2.19. The van der Waals surface area contributed by atoms with E-state index >= 15 is 0 Å². The Balaban J connectivity index is 1.77. The first-order valence-corrected chi connectivity index (χ1v) is 6.96. The van der Waals surface area contributed by atoms with Crippen LogP contribution in [0, 0.1) is 0 Å². The maximum absolute atomic E-state index is 9.10. The second-order valence-electron chi connectivity index (χ2n) is 5.21. The van der Waals surface area contributed by atoms with Crippen LogP contribution in [0.5, 0.6) is 5.75 Å². The summed E-state index contributed by atoms with van der Waals surface area (Å²) in [6, 6.07) is 7.64. The van der Waals surface area contributed by atoms with E-state index in [9.17, 15) is 0 Å². The van der Waals surface area contributed by atoms with Crippen molar-refractivity contribution in [1.82, 2.24) is 4.90 Å². The van der Waals surface area contributed by atoms with Crippen molar-refractivity contribution in [2.75, 3.05) is 20.2 Å². The molecule has 5 heteroatoms. The van der Waals surface area contributed by atoms with Crippen LogP contribution in [0.2, 0.25) is 0 Å². The van der Waals surface area contributed by atoms with Gasteiger partial charge in [0, 0.05) is 12.6 Å². The molecule has 0 atom stereocenters.